The molecule has 256 valence electrons. The largest absolute Gasteiger partial charge is 0.306 e. The Balaban J connectivity index is 1.52. The number of hydrogen-bond donors (Lipinski definition) is 0. The highest BCUT2D eigenvalue weighted by Gasteiger charge is 2.43. The van der Waals surface area contributed by atoms with Gasteiger partial charge in [-0.1, -0.05) is 126 Å². The van der Waals surface area contributed by atoms with Gasteiger partial charge >= 0.3 is 0 Å². The van der Waals surface area contributed by atoms with Crippen molar-refractivity contribution in [3.8, 4) is 28.3 Å². The molecule has 0 N–H and O–H groups in total. The zero-order chi connectivity index (χ0) is 36.5. The van der Waals surface area contributed by atoms with Crippen LogP contribution in [0, 0.1) is 11.3 Å². The normalized spacial score (nSPS) is 16.2. The molecule has 0 saturated heterocycles. The molecule has 0 aliphatic heterocycles. The van der Waals surface area contributed by atoms with E-state index in [1.165, 1.54) is 77.1 Å². The van der Waals surface area contributed by atoms with Gasteiger partial charge in [0.25, 0.3) is 0 Å². The second-order valence-electron chi connectivity index (χ2n) is 19.7. The van der Waals surface area contributed by atoms with Crippen LogP contribution >= 0.6 is 0 Å². The summed E-state index contributed by atoms with van der Waals surface area (Å²) < 4.78 is 2.45. The number of nitrogens with zero attached hydrogens (tertiary/aromatic N) is 3. The van der Waals surface area contributed by atoms with Gasteiger partial charge in [0.1, 0.15) is 0 Å². The van der Waals surface area contributed by atoms with E-state index in [9.17, 15) is 5.26 Å². The van der Waals surface area contributed by atoms with Gasteiger partial charge in [0.2, 0.25) is 0 Å². The lowest BCUT2D eigenvalue weighted by molar-refractivity contribution is 0.588. The molecule has 3 heterocycles. The topological polar surface area (TPSA) is 41.1 Å². The lowest BCUT2D eigenvalue weighted by Crippen LogP contribution is -2.17. The van der Waals surface area contributed by atoms with E-state index >= 15 is 0 Å². The third-order valence-electron chi connectivity index (χ3n) is 12.6. The monoisotopic (exact) mass is 667 g/mol. The van der Waals surface area contributed by atoms with Crippen LogP contribution in [0.5, 0.6) is 0 Å². The highest BCUT2D eigenvalue weighted by molar-refractivity contribution is 6.29. The van der Waals surface area contributed by atoms with Crippen molar-refractivity contribution in [1.29, 1.82) is 5.26 Å². The average Bonchev–Trinajstić information content (AvgIpc) is 3.70. The summed E-state index contributed by atoms with van der Waals surface area (Å²) in [4.78, 5) is 5.34. The molecule has 3 aromatic heterocycles. The van der Waals surface area contributed by atoms with Crippen LogP contribution in [0.25, 0.3) is 60.3 Å². The van der Waals surface area contributed by atoms with Gasteiger partial charge in [0.05, 0.1) is 40.1 Å². The van der Waals surface area contributed by atoms with Crippen molar-refractivity contribution in [2.45, 2.75) is 117 Å². The maximum absolute atomic E-state index is 10.9. The number of aromatic nitrogens is 2. The van der Waals surface area contributed by atoms with Gasteiger partial charge in [-0.05, 0) is 84.5 Å². The highest BCUT2D eigenvalue weighted by atomic mass is 14.9. The van der Waals surface area contributed by atoms with Crippen molar-refractivity contribution in [3.63, 3.8) is 0 Å². The van der Waals surface area contributed by atoms with E-state index < -0.39 is 0 Å². The highest BCUT2D eigenvalue weighted by Crippen LogP contribution is 2.58. The number of benzene rings is 4. The first-order chi connectivity index (χ1) is 23.7. The molecular formula is C48H49N3. The van der Waals surface area contributed by atoms with Gasteiger partial charge < -0.3 is 4.40 Å². The number of pyridine rings is 1. The molecule has 4 aromatic carbocycles. The average molecular weight is 668 g/mol. The van der Waals surface area contributed by atoms with Crippen LogP contribution < -0.4 is 0 Å². The molecule has 2 aliphatic carbocycles. The maximum atomic E-state index is 10.9. The molecule has 0 amide bonds. The molecule has 0 atom stereocenters. The Bertz CT molecular complexity index is 2740. The minimum Gasteiger partial charge on any atom is -0.306 e. The molecule has 9 rings (SSSR count). The summed E-state index contributed by atoms with van der Waals surface area (Å²) in [6, 6.07) is 23.9. The first kappa shape index (κ1) is 32.2. The fraction of sp³-hybridized carbons (Fsp3) is 0.375. The summed E-state index contributed by atoms with van der Waals surface area (Å²) in [5.41, 5.74) is 17.6. The number of nitriles is 1. The Hall–Kier alpha value is -4.68. The van der Waals surface area contributed by atoms with Gasteiger partial charge in [-0.3, -0.25) is 4.98 Å². The summed E-state index contributed by atoms with van der Waals surface area (Å²) in [5, 5.41) is 15.9. The molecule has 0 bridgehead atoms. The summed E-state index contributed by atoms with van der Waals surface area (Å²) in [6.07, 6.45) is 2.12. The minimum absolute atomic E-state index is 0.00179. The van der Waals surface area contributed by atoms with E-state index in [-0.39, 0.29) is 27.1 Å². The third-order valence-corrected chi connectivity index (χ3v) is 12.6. The van der Waals surface area contributed by atoms with Crippen molar-refractivity contribution in [2.24, 2.45) is 0 Å². The van der Waals surface area contributed by atoms with Gasteiger partial charge in [-0.15, -0.1) is 0 Å². The van der Waals surface area contributed by atoms with E-state index in [1.54, 1.807) is 0 Å². The Morgan fingerprint density at radius 3 is 1.65 bits per heavy atom. The van der Waals surface area contributed by atoms with Gasteiger partial charge in [-0.25, -0.2) is 0 Å². The van der Waals surface area contributed by atoms with E-state index in [0.717, 1.165) is 27.9 Å². The first-order valence-electron chi connectivity index (χ1n) is 18.6. The fourth-order valence-corrected chi connectivity index (χ4v) is 9.65. The number of hydrogen-bond acceptors (Lipinski definition) is 2. The van der Waals surface area contributed by atoms with Crippen LogP contribution in [0.15, 0.2) is 60.8 Å². The standard InChI is InChI=1S/C48H49N3/c1-44(2,3)26-14-16-33-29(19-26)39-37-31-21-28(46(7,8)9)22-32-38-36(51(42(31)32)35(37)18-25(23-49)41(39)47(33,10)11)24-50-43-40(38)30-20-27(45(4,5)6)15-17-34(30)48(43,12)13/h14-22,24H,1-13H3. The summed E-state index contributed by atoms with van der Waals surface area (Å²) >= 11 is 0. The first-order valence-corrected chi connectivity index (χ1v) is 18.6. The molecule has 2 aliphatic rings. The van der Waals surface area contributed by atoms with Crippen LogP contribution in [-0.2, 0) is 27.1 Å². The van der Waals surface area contributed by atoms with Crippen molar-refractivity contribution >= 4 is 38.1 Å². The van der Waals surface area contributed by atoms with Crippen molar-refractivity contribution in [2.75, 3.05) is 0 Å². The quantitative estimate of drug-likeness (QED) is 0.161. The second kappa shape index (κ2) is 9.40. The van der Waals surface area contributed by atoms with Gasteiger partial charge in [-0.2, -0.15) is 5.26 Å². The Labute approximate surface area is 302 Å². The van der Waals surface area contributed by atoms with Crippen molar-refractivity contribution in [3.05, 3.63) is 105 Å². The van der Waals surface area contributed by atoms with Crippen LogP contribution in [0.2, 0.25) is 0 Å². The molecule has 0 radical (unpaired) electrons. The molecule has 7 aromatic rings. The van der Waals surface area contributed by atoms with Crippen LogP contribution in [-0.4, -0.2) is 9.38 Å². The van der Waals surface area contributed by atoms with Gasteiger partial charge in [0, 0.05) is 37.9 Å². The van der Waals surface area contributed by atoms with Crippen LogP contribution in [0.1, 0.15) is 135 Å². The molecule has 3 heteroatoms. The summed E-state index contributed by atoms with van der Waals surface area (Å²) in [5.74, 6) is 0. The third kappa shape index (κ3) is 3.97. The van der Waals surface area contributed by atoms with E-state index in [4.69, 9.17) is 4.98 Å². The zero-order valence-electron chi connectivity index (χ0n) is 32.6. The molecular weight excluding hydrogens is 619 g/mol. The Morgan fingerprint density at radius 2 is 1.12 bits per heavy atom. The van der Waals surface area contributed by atoms with Crippen molar-refractivity contribution < 1.29 is 0 Å². The van der Waals surface area contributed by atoms with Crippen molar-refractivity contribution in [1.82, 2.24) is 9.38 Å². The predicted molar refractivity (Wildman–Crippen MR) is 215 cm³/mol. The molecule has 51 heavy (non-hydrogen) atoms. The second-order valence-corrected chi connectivity index (χ2v) is 19.7. The number of rotatable bonds is 0. The van der Waals surface area contributed by atoms with Gasteiger partial charge in [0.15, 0.2) is 0 Å². The Kier molecular flexibility index (Phi) is 5.94. The molecule has 0 fully saturated rings. The lowest BCUT2D eigenvalue weighted by atomic mass is 9.79. The summed E-state index contributed by atoms with van der Waals surface area (Å²) in [6.45, 7) is 30.0. The minimum atomic E-state index is -0.302. The SMILES string of the molecule is CC(C)(C)c1ccc2c(c1)-c1c(ncc3c1c1cc(C(C)(C)C)cc4c5c6c(c(C#N)cc5n3c14)C(C)(C)c1ccc(C(C)(C)C)cc1-6)C2(C)C. The zero-order valence-corrected chi connectivity index (χ0v) is 32.6. The Morgan fingerprint density at radius 1 is 0.608 bits per heavy atom. The molecule has 0 spiro atoms. The van der Waals surface area contributed by atoms with E-state index in [0.29, 0.717) is 0 Å². The smallest absolute Gasteiger partial charge is 0.0995 e. The van der Waals surface area contributed by atoms with Crippen LogP contribution in [0.4, 0.5) is 0 Å². The fourth-order valence-electron chi connectivity index (χ4n) is 9.65. The van der Waals surface area contributed by atoms with Crippen LogP contribution in [0.3, 0.4) is 0 Å². The predicted octanol–water partition coefficient (Wildman–Crippen LogP) is 12.6. The molecule has 0 unspecified atom stereocenters. The lowest BCUT2D eigenvalue weighted by Gasteiger charge is -2.24. The van der Waals surface area contributed by atoms with E-state index in [1.807, 2.05) is 0 Å². The summed E-state index contributed by atoms with van der Waals surface area (Å²) in [7, 11) is 0. The maximum Gasteiger partial charge on any atom is 0.0995 e. The number of fused-ring (bicyclic) bond motifs is 14. The molecule has 0 saturated carbocycles. The molecule has 3 nitrogen and oxygen atoms in total. The van der Waals surface area contributed by atoms with E-state index in [2.05, 4.69) is 161 Å².